The van der Waals surface area contributed by atoms with Gasteiger partial charge in [-0.25, -0.2) is 0 Å². The maximum absolute atomic E-state index is 10.2. The standard InChI is InChI=1S/C13H24O11/c1-2-13(3-14)9(5(16)7(18)11(21)24-13)22-12-8(19)4(15)6(17)10(20)23-12/h4-12,14-21H,2-3H2,1H3/t4-,5-,6-,7+,8+,9-,10-,11+,12+,13+/m0/s1. The molecule has 2 rings (SSSR count). The molecule has 11 heteroatoms. The minimum Gasteiger partial charge on any atom is -0.393 e. The van der Waals surface area contributed by atoms with Crippen molar-refractivity contribution >= 4 is 0 Å². The van der Waals surface area contributed by atoms with Gasteiger partial charge < -0.3 is 55.1 Å². The van der Waals surface area contributed by atoms with Gasteiger partial charge in [-0.2, -0.15) is 0 Å². The minimum atomic E-state index is -1.87. The van der Waals surface area contributed by atoms with Crippen molar-refractivity contribution < 1.29 is 55.1 Å². The molecule has 8 N–H and O–H groups in total. The van der Waals surface area contributed by atoms with E-state index < -0.39 is 67.7 Å². The second-order valence-corrected chi connectivity index (χ2v) is 5.99. The van der Waals surface area contributed by atoms with Crippen molar-refractivity contribution in [3.63, 3.8) is 0 Å². The van der Waals surface area contributed by atoms with Crippen molar-refractivity contribution in [3.05, 3.63) is 0 Å². The summed E-state index contributed by atoms with van der Waals surface area (Å²) in [6.45, 7) is 0.862. The molecule has 2 aliphatic heterocycles. The largest absolute Gasteiger partial charge is 0.393 e. The first kappa shape index (κ1) is 19.9. The molecule has 2 aliphatic rings. The number of hydrogen-bond donors (Lipinski definition) is 8. The van der Waals surface area contributed by atoms with E-state index in [4.69, 9.17) is 14.2 Å². The van der Waals surface area contributed by atoms with E-state index in [0.717, 1.165) is 0 Å². The fraction of sp³-hybridized carbons (Fsp3) is 1.00. The molecule has 0 aromatic carbocycles. The maximum atomic E-state index is 10.2. The zero-order chi connectivity index (χ0) is 18.2. The molecule has 0 amide bonds. The fourth-order valence-corrected chi connectivity index (χ4v) is 2.85. The Labute approximate surface area is 137 Å². The molecular formula is C13H24O11. The van der Waals surface area contributed by atoms with Gasteiger partial charge in [0, 0.05) is 0 Å². The quantitative estimate of drug-likeness (QED) is 0.242. The third kappa shape index (κ3) is 3.30. The Morgan fingerprint density at radius 1 is 0.833 bits per heavy atom. The van der Waals surface area contributed by atoms with Crippen molar-refractivity contribution in [2.75, 3.05) is 6.61 Å². The average molecular weight is 356 g/mol. The van der Waals surface area contributed by atoms with Crippen LogP contribution in [0.5, 0.6) is 0 Å². The van der Waals surface area contributed by atoms with Gasteiger partial charge in [-0.15, -0.1) is 0 Å². The predicted molar refractivity (Wildman–Crippen MR) is 73.0 cm³/mol. The summed E-state index contributed by atoms with van der Waals surface area (Å²) < 4.78 is 15.4. The van der Waals surface area contributed by atoms with Crippen LogP contribution in [0.25, 0.3) is 0 Å². The van der Waals surface area contributed by atoms with Gasteiger partial charge >= 0.3 is 0 Å². The molecule has 0 unspecified atom stereocenters. The predicted octanol–water partition coefficient (Wildman–Crippen LogP) is -4.66. The van der Waals surface area contributed by atoms with E-state index in [2.05, 4.69) is 0 Å². The van der Waals surface area contributed by atoms with E-state index in [1.807, 2.05) is 0 Å². The molecule has 2 heterocycles. The van der Waals surface area contributed by atoms with Gasteiger partial charge in [0.05, 0.1) is 6.61 Å². The Morgan fingerprint density at radius 3 is 1.96 bits per heavy atom. The van der Waals surface area contributed by atoms with Crippen LogP contribution >= 0.6 is 0 Å². The SMILES string of the molecule is CC[C@]1(CO)O[C@@H](O)[C@H](O)[C@H](O)[C@@H]1O[C@@H]1O[C@H](O)[C@@H](O)[C@H](O)[C@H]1O. The molecule has 2 fully saturated rings. The van der Waals surface area contributed by atoms with Gasteiger partial charge in [0.25, 0.3) is 0 Å². The van der Waals surface area contributed by atoms with E-state index in [1.165, 1.54) is 0 Å². The molecule has 0 spiro atoms. The molecule has 0 bridgehead atoms. The van der Waals surface area contributed by atoms with Crippen LogP contribution in [-0.4, -0.2) is 109 Å². The van der Waals surface area contributed by atoms with Crippen LogP contribution in [0.1, 0.15) is 13.3 Å². The first-order chi connectivity index (χ1) is 11.2. The third-order valence-electron chi connectivity index (χ3n) is 4.52. The summed E-state index contributed by atoms with van der Waals surface area (Å²) in [5, 5.41) is 77.7. The van der Waals surface area contributed by atoms with Crippen LogP contribution in [0.3, 0.4) is 0 Å². The van der Waals surface area contributed by atoms with Crippen molar-refractivity contribution in [3.8, 4) is 0 Å². The molecule has 0 aliphatic carbocycles. The Morgan fingerprint density at radius 2 is 1.42 bits per heavy atom. The molecule has 11 nitrogen and oxygen atoms in total. The summed E-state index contributed by atoms with van der Waals surface area (Å²) in [5.74, 6) is 0. The number of ether oxygens (including phenoxy) is 3. The van der Waals surface area contributed by atoms with Crippen LogP contribution in [-0.2, 0) is 14.2 Å². The monoisotopic (exact) mass is 356 g/mol. The highest BCUT2D eigenvalue weighted by molar-refractivity contribution is 5.01. The molecular weight excluding hydrogens is 332 g/mol. The van der Waals surface area contributed by atoms with E-state index in [9.17, 15) is 40.9 Å². The summed E-state index contributed by atoms with van der Waals surface area (Å²) in [6.07, 6.45) is -15.6. The van der Waals surface area contributed by atoms with Crippen LogP contribution in [0.4, 0.5) is 0 Å². The topological polar surface area (TPSA) is 190 Å². The lowest BCUT2D eigenvalue weighted by molar-refractivity contribution is -0.392. The van der Waals surface area contributed by atoms with Crippen LogP contribution in [0.15, 0.2) is 0 Å². The van der Waals surface area contributed by atoms with Crippen molar-refractivity contribution in [1.29, 1.82) is 0 Å². The highest BCUT2D eigenvalue weighted by atomic mass is 16.8. The Kier molecular flexibility index (Phi) is 6.16. The second kappa shape index (κ2) is 7.43. The first-order valence-electron chi connectivity index (χ1n) is 7.54. The summed E-state index contributed by atoms with van der Waals surface area (Å²) >= 11 is 0. The van der Waals surface area contributed by atoms with Gasteiger partial charge in [-0.3, -0.25) is 0 Å². The second-order valence-electron chi connectivity index (χ2n) is 5.99. The first-order valence-corrected chi connectivity index (χ1v) is 7.54. The van der Waals surface area contributed by atoms with Crippen LogP contribution in [0.2, 0.25) is 0 Å². The molecule has 2 saturated heterocycles. The highest BCUT2D eigenvalue weighted by Crippen LogP contribution is 2.36. The molecule has 0 aromatic rings. The lowest BCUT2D eigenvalue weighted by Gasteiger charge is -2.50. The Balaban J connectivity index is 2.23. The van der Waals surface area contributed by atoms with E-state index in [0.29, 0.717) is 0 Å². The Hall–Kier alpha value is -0.440. The van der Waals surface area contributed by atoms with Gasteiger partial charge in [-0.05, 0) is 6.42 Å². The van der Waals surface area contributed by atoms with Crippen LogP contribution in [0, 0.1) is 0 Å². The molecule has 10 atom stereocenters. The smallest absolute Gasteiger partial charge is 0.189 e. The van der Waals surface area contributed by atoms with E-state index >= 15 is 0 Å². The fourth-order valence-electron chi connectivity index (χ4n) is 2.85. The normalized spacial score (nSPS) is 53.1. The lowest BCUT2D eigenvalue weighted by Crippen LogP contribution is -2.68. The van der Waals surface area contributed by atoms with Gasteiger partial charge in [0.1, 0.15) is 42.2 Å². The lowest BCUT2D eigenvalue weighted by atomic mass is 9.85. The zero-order valence-electron chi connectivity index (χ0n) is 12.9. The van der Waals surface area contributed by atoms with Gasteiger partial charge in [0.15, 0.2) is 18.9 Å². The van der Waals surface area contributed by atoms with Crippen LogP contribution < -0.4 is 0 Å². The summed E-state index contributed by atoms with van der Waals surface area (Å²) in [5.41, 5.74) is -1.63. The molecule has 142 valence electrons. The zero-order valence-corrected chi connectivity index (χ0v) is 12.9. The number of aliphatic hydroxyl groups is 8. The molecule has 0 saturated carbocycles. The van der Waals surface area contributed by atoms with Crippen molar-refractivity contribution in [2.45, 2.75) is 74.4 Å². The number of aliphatic hydroxyl groups excluding tert-OH is 8. The molecule has 0 aromatic heterocycles. The highest BCUT2D eigenvalue weighted by Gasteiger charge is 2.56. The summed E-state index contributed by atoms with van der Waals surface area (Å²) in [7, 11) is 0. The number of hydrogen-bond acceptors (Lipinski definition) is 11. The summed E-state index contributed by atoms with van der Waals surface area (Å²) in [4.78, 5) is 0. The third-order valence-corrected chi connectivity index (χ3v) is 4.52. The van der Waals surface area contributed by atoms with Crippen molar-refractivity contribution in [1.82, 2.24) is 0 Å². The Bertz CT molecular complexity index is 417. The molecule has 24 heavy (non-hydrogen) atoms. The van der Waals surface area contributed by atoms with Gasteiger partial charge in [-0.1, -0.05) is 6.92 Å². The minimum absolute atomic E-state index is 0.0472. The van der Waals surface area contributed by atoms with E-state index in [1.54, 1.807) is 6.92 Å². The van der Waals surface area contributed by atoms with E-state index in [-0.39, 0.29) is 6.42 Å². The average Bonchev–Trinajstić information content (AvgIpc) is 2.57. The summed E-state index contributed by atoms with van der Waals surface area (Å²) in [6, 6.07) is 0. The number of rotatable bonds is 4. The maximum Gasteiger partial charge on any atom is 0.189 e. The molecule has 0 radical (unpaired) electrons. The van der Waals surface area contributed by atoms with Gasteiger partial charge in [0.2, 0.25) is 0 Å². The van der Waals surface area contributed by atoms with Crippen molar-refractivity contribution in [2.24, 2.45) is 0 Å².